The first-order valence-electron chi connectivity index (χ1n) is 6.62. The second kappa shape index (κ2) is 8.26. The lowest BCUT2D eigenvalue weighted by molar-refractivity contribution is 0.208. The molecular weight excluding hydrogens is 339 g/mol. The van der Waals surface area contributed by atoms with Gasteiger partial charge in [-0.05, 0) is 30.3 Å². The van der Waals surface area contributed by atoms with E-state index in [1.807, 2.05) is 30.3 Å². The Morgan fingerprint density at radius 1 is 1.04 bits per heavy atom. The van der Waals surface area contributed by atoms with Gasteiger partial charge < -0.3 is 14.4 Å². The van der Waals surface area contributed by atoms with E-state index in [2.05, 4.69) is 9.25 Å². The Bertz CT molecular complexity index is 678. The minimum absolute atomic E-state index is 0.0858. The van der Waals surface area contributed by atoms with Crippen LogP contribution >= 0.6 is 6.72 Å². The normalized spacial score (nSPS) is 11.2. The quantitative estimate of drug-likeness (QED) is 0.489. The lowest BCUT2D eigenvalue weighted by Crippen LogP contribution is -2.11. The van der Waals surface area contributed by atoms with Gasteiger partial charge in [0.15, 0.2) is 0 Å². The van der Waals surface area contributed by atoms with Crippen LogP contribution in [0.15, 0.2) is 48.5 Å². The van der Waals surface area contributed by atoms with E-state index in [9.17, 15) is 5.11 Å². The molecule has 0 aliphatic rings. The maximum Gasteiger partial charge on any atom is 0.414 e. The first kappa shape index (κ1) is 17.7. The van der Waals surface area contributed by atoms with Crippen molar-refractivity contribution in [2.75, 3.05) is 6.61 Å². The van der Waals surface area contributed by atoms with Crippen LogP contribution < -0.4 is 21.1 Å². The number of phenols is 1. The maximum atomic E-state index is 9.64. The monoisotopic (exact) mass is 356 g/mol. The van der Waals surface area contributed by atoms with E-state index < -0.39 is 6.72 Å². The highest BCUT2D eigenvalue weighted by molar-refractivity contribution is 8.07. The molecule has 0 unspecified atom stereocenters. The summed E-state index contributed by atoms with van der Waals surface area (Å²) >= 11 is 4.97. The molecule has 0 aromatic heterocycles. The summed E-state index contributed by atoms with van der Waals surface area (Å²) in [6, 6.07) is 13.9. The van der Waals surface area contributed by atoms with E-state index in [4.69, 9.17) is 32.9 Å². The zero-order valence-corrected chi connectivity index (χ0v) is 13.8. The molecule has 124 valence electrons. The lowest BCUT2D eigenvalue weighted by Gasteiger charge is -2.19. The molecule has 0 saturated heterocycles. The standard InChI is InChI=1S/C14H17N2O5PS/c15-20-22(23,21-16)19-14-7-6-12(17)10-11(14)8-9-18-13-4-2-1-3-5-13/h1-7,10,17H,8-9,15-16H2. The average molecular weight is 356 g/mol. The van der Waals surface area contributed by atoms with E-state index in [0.29, 0.717) is 24.3 Å². The fraction of sp³-hybridized carbons (Fsp3) is 0.143. The summed E-state index contributed by atoms with van der Waals surface area (Å²) in [5.41, 5.74) is 0.657. The molecule has 0 bridgehead atoms. The van der Waals surface area contributed by atoms with Crippen molar-refractivity contribution >= 4 is 18.5 Å². The van der Waals surface area contributed by atoms with Gasteiger partial charge >= 0.3 is 6.72 Å². The minimum atomic E-state index is -3.27. The molecule has 0 heterocycles. The van der Waals surface area contributed by atoms with Gasteiger partial charge in [-0.3, -0.25) is 0 Å². The van der Waals surface area contributed by atoms with Crippen LogP contribution in [0.1, 0.15) is 5.56 Å². The molecule has 2 rings (SSSR count). The topological polar surface area (TPSA) is 109 Å². The van der Waals surface area contributed by atoms with Crippen LogP contribution in [0.2, 0.25) is 0 Å². The van der Waals surface area contributed by atoms with Crippen LogP contribution in [0, 0.1) is 0 Å². The SMILES string of the molecule is NOP(=S)(ON)Oc1ccc(O)cc1CCOc1ccccc1. The number of hydrogen-bond acceptors (Lipinski definition) is 8. The maximum absolute atomic E-state index is 9.64. The van der Waals surface area contributed by atoms with E-state index >= 15 is 0 Å². The van der Waals surface area contributed by atoms with E-state index in [0.717, 1.165) is 5.75 Å². The van der Waals surface area contributed by atoms with Crippen molar-refractivity contribution in [1.82, 2.24) is 0 Å². The number of aromatic hydroxyl groups is 1. The van der Waals surface area contributed by atoms with Crippen molar-refractivity contribution in [2.45, 2.75) is 6.42 Å². The highest BCUT2D eigenvalue weighted by Crippen LogP contribution is 2.47. The van der Waals surface area contributed by atoms with Crippen molar-refractivity contribution in [3.8, 4) is 17.2 Å². The Morgan fingerprint density at radius 3 is 2.39 bits per heavy atom. The van der Waals surface area contributed by atoms with Gasteiger partial charge in [0, 0.05) is 23.8 Å². The molecular formula is C14H17N2O5PS. The summed E-state index contributed by atoms with van der Waals surface area (Å²) in [6.07, 6.45) is 0.461. The number of ether oxygens (including phenoxy) is 1. The van der Waals surface area contributed by atoms with Gasteiger partial charge in [-0.25, -0.2) is 21.0 Å². The van der Waals surface area contributed by atoms with Gasteiger partial charge in [-0.1, -0.05) is 18.2 Å². The van der Waals surface area contributed by atoms with Gasteiger partial charge in [0.2, 0.25) is 0 Å². The summed E-state index contributed by atoms with van der Waals surface area (Å²) in [5, 5.41) is 9.64. The van der Waals surface area contributed by atoms with E-state index in [-0.39, 0.29) is 5.75 Å². The smallest absolute Gasteiger partial charge is 0.414 e. The van der Waals surface area contributed by atoms with Crippen molar-refractivity contribution < 1.29 is 23.6 Å². The van der Waals surface area contributed by atoms with Crippen LogP contribution in [-0.2, 0) is 27.5 Å². The zero-order valence-electron chi connectivity index (χ0n) is 12.1. The highest BCUT2D eigenvalue weighted by Gasteiger charge is 2.22. The molecule has 0 amide bonds. The number of rotatable bonds is 8. The number of para-hydroxylation sites is 1. The fourth-order valence-electron chi connectivity index (χ4n) is 1.83. The number of hydrogen-bond donors (Lipinski definition) is 3. The Labute approximate surface area is 138 Å². The van der Waals surface area contributed by atoms with Gasteiger partial charge in [0.1, 0.15) is 17.2 Å². The predicted octanol–water partition coefficient (Wildman–Crippen LogP) is 2.40. The van der Waals surface area contributed by atoms with Gasteiger partial charge in [0.05, 0.1) is 6.61 Å². The molecule has 9 heteroatoms. The molecule has 0 spiro atoms. The Hall–Kier alpha value is -1.67. The Kier molecular flexibility index (Phi) is 6.35. The summed E-state index contributed by atoms with van der Waals surface area (Å²) in [7, 11) is 0. The molecule has 0 fully saturated rings. The van der Waals surface area contributed by atoms with Crippen molar-refractivity contribution in [3.05, 3.63) is 54.1 Å². The van der Waals surface area contributed by atoms with Gasteiger partial charge in [-0.15, -0.1) is 0 Å². The second-order valence-electron chi connectivity index (χ2n) is 4.45. The third kappa shape index (κ3) is 5.18. The second-order valence-corrected chi connectivity index (χ2v) is 7.29. The molecule has 0 aliphatic carbocycles. The lowest BCUT2D eigenvalue weighted by atomic mass is 10.1. The predicted molar refractivity (Wildman–Crippen MR) is 89.2 cm³/mol. The van der Waals surface area contributed by atoms with Gasteiger partial charge in [-0.2, -0.15) is 0 Å². The first-order chi connectivity index (χ1) is 11.1. The Balaban J connectivity index is 2.08. The molecule has 7 nitrogen and oxygen atoms in total. The molecule has 2 aromatic carbocycles. The third-order valence-corrected chi connectivity index (χ3v) is 4.57. The summed E-state index contributed by atoms with van der Waals surface area (Å²) in [5.74, 6) is 11.3. The molecule has 23 heavy (non-hydrogen) atoms. The highest BCUT2D eigenvalue weighted by atomic mass is 32.5. The summed E-state index contributed by atoms with van der Waals surface area (Å²) in [6.45, 7) is -2.89. The number of benzene rings is 2. The average Bonchev–Trinajstić information content (AvgIpc) is 2.58. The number of phenolic OH excluding ortho intramolecular Hbond substituents is 1. The van der Waals surface area contributed by atoms with Crippen molar-refractivity contribution in [3.63, 3.8) is 0 Å². The number of nitrogens with two attached hydrogens (primary N) is 2. The Morgan fingerprint density at radius 2 is 1.74 bits per heavy atom. The first-order valence-corrected chi connectivity index (χ1v) is 9.18. The van der Waals surface area contributed by atoms with Crippen molar-refractivity contribution in [2.24, 2.45) is 11.8 Å². The molecule has 0 atom stereocenters. The van der Waals surface area contributed by atoms with Gasteiger partial charge in [0.25, 0.3) is 0 Å². The zero-order chi connectivity index (χ0) is 16.7. The molecule has 0 radical (unpaired) electrons. The summed E-state index contributed by atoms with van der Waals surface area (Å²) < 4.78 is 20.1. The minimum Gasteiger partial charge on any atom is -0.508 e. The van der Waals surface area contributed by atoms with Crippen molar-refractivity contribution in [1.29, 1.82) is 0 Å². The van der Waals surface area contributed by atoms with E-state index in [1.54, 1.807) is 0 Å². The molecule has 0 aliphatic heterocycles. The van der Waals surface area contributed by atoms with E-state index in [1.165, 1.54) is 18.2 Å². The fourth-order valence-corrected chi connectivity index (χ4v) is 2.63. The van der Waals surface area contributed by atoms with Crippen LogP contribution in [0.3, 0.4) is 0 Å². The third-order valence-electron chi connectivity index (χ3n) is 2.90. The molecule has 2 aromatic rings. The largest absolute Gasteiger partial charge is 0.508 e. The van der Waals surface area contributed by atoms with Crippen LogP contribution in [0.4, 0.5) is 0 Å². The molecule has 5 N–H and O–H groups in total. The summed E-state index contributed by atoms with van der Waals surface area (Å²) in [4.78, 5) is 0. The van der Waals surface area contributed by atoms with Crippen LogP contribution in [0.5, 0.6) is 17.2 Å². The molecule has 0 saturated carbocycles. The van der Waals surface area contributed by atoms with Crippen LogP contribution in [0.25, 0.3) is 0 Å². The van der Waals surface area contributed by atoms with Crippen LogP contribution in [-0.4, -0.2) is 11.7 Å².